The lowest BCUT2D eigenvalue weighted by Crippen LogP contribution is -2.61. The monoisotopic (exact) mass is 1260 g/mol. The molecule has 468 valence electrons. The third-order valence-corrected chi connectivity index (χ3v) is 20.5. The van der Waals surface area contributed by atoms with Crippen LogP contribution in [-0.2, 0) is 10.8 Å². The molecule has 14 aromatic carbocycles. The number of benzene rings is 14. The van der Waals surface area contributed by atoms with Gasteiger partial charge in [0.05, 0.1) is 27.8 Å². The molecule has 2 aliphatic heterocycles. The molecule has 0 N–H and O–H groups in total. The smallest absolute Gasteiger partial charge is 0.252 e. The highest BCUT2D eigenvalue weighted by molar-refractivity contribution is 7.00. The fraction of sp³-hybridized carbons (Fsp3) is 0.0870. The van der Waals surface area contributed by atoms with Gasteiger partial charge < -0.3 is 23.8 Å². The number of aromatic nitrogens is 2. The average Bonchev–Trinajstić information content (AvgIpc) is 0.874. The van der Waals surface area contributed by atoms with Crippen molar-refractivity contribution in [3.8, 4) is 44.8 Å². The number of para-hydroxylation sites is 5. The van der Waals surface area contributed by atoms with Crippen LogP contribution in [0.15, 0.2) is 328 Å². The van der Waals surface area contributed by atoms with Gasteiger partial charge in [0.2, 0.25) is 0 Å². The minimum Gasteiger partial charge on any atom is -0.311 e. The van der Waals surface area contributed by atoms with E-state index in [0.717, 1.165) is 84.8 Å². The van der Waals surface area contributed by atoms with Gasteiger partial charge in [-0.2, -0.15) is 0 Å². The van der Waals surface area contributed by atoms with Crippen LogP contribution < -0.4 is 31.1 Å². The summed E-state index contributed by atoms with van der Waals surface area (Å²) in [4.78, 5) is 7.73. The lowest BCUT2D eigenvalue weighted by atomic mass is 9.33. The van der Waals surface area contributed by atoms with Crippen LogP contribution in [-0.4, -0.2) is 15.8 Å². The molecule has 98 heavy (non-hydrogen) atoms. The SMILES string of the molecule is CC(C)(C)c1ccc(N2c3cc(N(c4ccccc4)c4ccc(-n5c6ccccc6c6ccccc65)cc4)ccc3B3c4ccc(-n5c6ccccc6c6ccccc65)cc4N(c4cc(-c5ccccc5)cc(-c5ccccc5)c4)c4cc(C(C)(C)C)cc2c43)c(-c2ccccc2)c1. The Morgan fingerprint density at radius 3 is 1.20 bits per heavy atom. The molecule has 4 heterocycles. The summed E-state index contributed by atoms with van der Waals surface area (Å²) in [5.41, 5.74) is 29.8. The second-order valence-corrected chi connectivity index (χ2v) is 28.5. The number of fused-ring (bicyclic) bond motifs is 10. The molecule has 0 fully saturated rings. The van der Waals surface area contributed by atoms with Gasteiger partial charge in [-0.1, -0.05) is 242 Å². The van der Waals surface area contributed by atoms with Crippen molar-refractivity contribution in [3.63, 3.8) is 0 Å². The van der Waals surface area contributed by atoms with Crippen LogP contribution in [0.4, 0.5) is 51.2 Å². The fourth-order valence-electron chi connectivity index (χ4n) is 15.8. The van der Waals surface area contributed by atoms with E-state index in [1.807, 2.05) is 0 Å². The minimum atomic E-state index is -0.277. The van der Waals surface area contributed by atoms with E-state index >= 15 is 0 Å². The number of rotatable bonds is 10. The van der Waals surface area contributed by atoms with Crippen molar-refractivity contribution in [3.05, 3.63) is 339 Å². The lowest BCUT2D eigenvalue weighted by Gasteiger charge is -2.46. The molecule has 0 bridgehead atoms. The van der Waals surface area contributed by atoms with Crippen molar-refractivity contribution in [2.45, 2.75) is 52.4 Å². The zero-order chi connectivity index (χ0) is 66.0. The lowest BCUT2D eigenvalue weighted by molar-refractivity contribution is 0.590. The fourth-order valence-corrected chi connectivity index (χ4v) is 15.8. The molecule has 2 aliphatic rings. The molecule has 0 aliphatic carbocycles. The highest BCUT2D eigenvalue weighted by Gasteiger charge is 2.45. The third kappa shape index (κ3) is 9.68. The normalized spacial score (nSPS) is 12.7. The second-order valence-electron chi connectivity index (χ2n) is 28.5. The van der Waals surface area contributed by atoms with Gasteiger partial charge in [-0.3, -0.25) is 0 Å². The molecule has 0 saturated heterocycles. The van der Waals surface area contributed by atoms with Crippen LogP contribution in [0.3, 0.4) is 0 Å². The van der Waals surface area contributed by atoms with Crippen LogP contribution >= 0.6 is 0 Å². The molecule has 18 rings (SSSR count). The van der Waals surface area contributed by atoms with E-state index in [-0.39, 0.29) is 17.5 Å². The van der Waals surface area contributed by atoms with Gasteiger partial charge in [0.15, 0.2) is 0 Å². The van der Waals surface area contributed by atoms with Gasteiger partial charge in [0.1, 0.15) is 0 Å². The Morgan fingerprint density at radius 2 is 0.684 bits per heavy atom. The number of anilines is 9. The van der Waals surface area contributed by atoms with Crippen molar-refractivity contribution in [2.24, 2.45) is 0 Å². The highest BCUT2D eigenvalue weighted by Crippen LogP contribution is 2.52. The van der Waals surface area contributed by atoms with Crippen molar-refractivity contribution in [1.29, 1.82) is 0 Å². The van der Waals surface area contributed by atoms with E-state index in [1.165, 1.54) is 82.3 Å². The van der Waals surface area contributed by atoms with Crippen molar-refractivity contribution >= 4 is 118 Å². The molecule has 0 amide bonds. The molecule has 0 saturated carbocycles. The van der Waals surface area contributed by atoms with Crippen LogP contribution in [0, 0.1) is 0 Å². The van der Waals surface area contributed by atoms with Gasteiger partial charge >= 0.3 is 0 Å². The zero-order valence-electron chi connectivity index (χ0n) is 56.0. The third-order valence-electron chi connectivity index (χ3n) is 20.5. The first-order valence-corrected chi connectivity index (χ1v) is 34.3. The van der Waals surface area contributed by atoms with Crippen LogP contribution in [0.2, 0.25) is 0 Å². The van der Waals surface area contributed by atoms with E-state index in [1.54, 1.807) is 0 Å². The number of nitrogens with zero attached hydrogens (tertiary/aromatic N) is 5. The quantitative estimate of drug-likeness (QED) is 0.127. The van der Waals surface area contributed by atoms with Crippen molar-refractivity contribution in [1.82, 2.24) is 9.13 Å². The molecule has 0 radical (unpaired) electrons. The Labute approximate surface area is 574 Å². The number of hydrogen-bond donors (Lipinski definition) is 0. The van der Waals surface area contributed by atoms with Crippen LogP contribution in [0.5, 0.6) is 0 Å². The molecular weight excluding hydrogens is 1190 g/mol. The van der Waals surface area contributed by atoms with Gasteiger partial charge in [0, 0.05) is 84.0 Å². The summed E-state index contributed by atoms with van der Waals surface area (Å²) >= 11 is 0. The summed E-state index contributed by atoms with van der Waals surface area (Å²) in [5, 5.41) is 4.96. The maximum absolute atomic E-state index is 2.65. The minimum absolute atomic E-state index is 0.117. The molecule has 6 heteroatoms. The molecule has 0 unspecified atom stereocenters. The maximum Gasteiger partial charge on any atom is 0.252 e. The standard InChI is InChI=1S/C92H72BN5/c1-91(2,3)66-43-52-85(78(56-66)63-31-15-9-16-32-63)98-87-59-71(94(68-33-17-10-18-34-68)69-44-46-70(47-45-69)95-81-39-23-19-35-74(81)75-36-20-24-40-82(75)95)48-50-80(87)93-79-51-49-72(96-83-41-25-21-37-76(83)77-38-22-26-42-84(77)96)60-86(79)97(88-57-67(92(4,5)6)58-89(98)90(88)93)73-54-64(61-27-11-7-12-28-61)53-65(55-73)62-29-13-8-14-30-62/h7-60H,1-6H3. The van der Waals surface area contributed by atoms with Gasteiger partial charge in [-0.15, -0.1) is 0 Å². The van der Waals surface area contributed by atoms with Gasteiger partial charge in [0.25, 0.3) is 6.71 Å². The first kappa shape index (κ1) is 58.7. The van der Waals surface area contributed by atoms with Gasteiger partial charge in [-0.25, -0.2) is 0 Å². The van der Waals surface area contributed by atoms with E-state index in [4.69, 9.17) is 0 Å². The Balaban J connectivity index is 0.930. The molecule has 0 spiro atoms. The summed E-state index contributed by atoms with van der Waals surface area (Å²) in [6.07, 6.45) is 0. The van der Waals surface area contributed by atoms with E-state index in [9.17, 15) is 0 Å². The Bertz CT molecular complexity index is 5620. The average molecular weight is 1260 g/mol. The topological polar surface area (TPSA) is 19.6 Å². The van der Waals surface area contributed by atoms with Crippen LogP contribution in [0.1, 0.15) is 52.7 Å². The maximum atomic E-state index is 2.65. The molecule has 16 aromatic rings. The molecular formula is C92H72BN5. The molecule has 2 aromatic heterocycles. The van der Waals surface area contributed by atoms with Crippen LogP contribution in [0.25, 0.3) is 88.4 Å². The van der Waals surface area contributed by atoms with E-state index in [0.29, 0.717) is 0 Å². The van der Waals surface area contributed by atoms with Crippen molar-refractivity contribution < 1.29 is 0 Å². The first-order valence-electron chi connectivity index (χ1n) is 34.3. The Morgan fingerprint density at radius 1 is 0.265 bits per heavy atom. The highest BCUT2D eigenvalue weighted by atomic mass is 15.2. The zero-order valence-corrected chi connectivity index (χ0v) is 56.0. The summed E-state index contributed by atoms with van der Waals surface area (Å²) in [6, 6.07) is 123. The molecule has 0 atom stereocenters. The molecule has 5 nitrogen and oxygen atoms in total. The van der Waals surface area contributed by atoms with E-state index < -0.39 is 0 Å². The summed E-state index contributed by atoms with van der Waals surface area (Å²) in [7, 11) is 0. The predicted octanol–water partition coefficient (Wildman–Crippen LogP) is 23.0. The second kappa shape index (κ2) is 22.9. The largest absolute Gasteiger partial charge is 0.311 e. The summed E-state index contributed by atoms with van der Waals surface area (Å²) < 4.78 is 4.89. The van der Waals surface area contributed by atoms with E-state index in [2.05, 4.69) is 393 Å². The predicted molar refractivity (Wildman–Crippen MR) is 418 cm³/mol. The Hall–Kier alpha value is -11.9. The summed E-state index contributed by atoms with van der Waals surface area (Å²) in [6.45, 7) is 13.9. The first-order chi connectivity index (χ1) is 47.9. The van der Waals surface area contributed by atoms with Gasteiger partial charge in [-0.05, 0) is 194 Å². The number of hydrogen-bond acceptors (Lipinski definition) is 3. The Kier molecular flexibility index (Phi) is 13.7. The van der Waals surface area contributed by atoms with Crippen molar-refractivity contribution in [2.75, 3.05) is 14.7 Å². The summed E-state index contributed by atoms with van der Waals surface area (Å²) in [5.74, 6) is 0.